The molecule has 2 saturated heterocycles. The molecule has 1 N–H and O–H groups in total. The van der Waals surface area contributed by atoms with E-state index < -0.39 is 5.60 Å². The van der Waals surface area contributed by atoms with Gasteiger partial charge >= 0.3 is 6.09 Å². The Labute approximate surface area is 256 Å². The molecule has 7 rings (SSSR count). The fourth-order valence-electron chi connectivity index (χ4n) is 5.76. The zero-order valence-electron chi connectivity index (χ0n) is 23.7. The van der Waals surface area contributed by atoms with Crippen molar-refractivity contribution in [3.63, 3.8) is 0 Å². The summed E-state index contributed by atoms with van der Waals surface area (Å²) in [6, 6.07) is 13.1. The van der Waals surface area contributed by atoms with Gasteiger partial charge in [0.25, 0.3) is 5.56 Å². The lowest BCUT2D eigenvalue weighted by Crippen LogP contribution is -2.73. The zero-order valence-corrected chi connectivity index (χ0v) is 25.2. The predicted octanol–water partition coefficient (Wildman–Crippen LogP) is 5.54. The molecule has 2 fully saturated rings. The van der Waals surface area contributed by atoms with Gasteiger partial charge in [0.1, 0.15) is 11.0 Å². The highest BCUT2D eigenvalue weighted by Gasteiger charge is 2.54. The molecule has 2 aliphatic heterocycles. The molecular formula is C30H28Cl2N8O3. The van der Waals surface area contributed by atoms with E-state index in [1.807, 2.05) is 45.0 Å². The van der Waals surface area contributed by atoms with Crippen molar-refractivity contribution in [1.82, 2.24) is 28.8 Å². The van der Waals surface area contributed by atoms with Crippen LogP contribution in [0.1, 0.15) is 20.8 Å². The van der Waals surface area contributed by atoms with Gasteiger partial charge in [-0.2, -0.15) is 4.98 Å². The van der Waals surface area contributed by atoms with Gasteiger partial charge in [0.2, 0.25) is 11.7 Å². The second-order valence-corrected chi connectivity index (χ2v) is 12.9. The predicted molar refractivity (Wildman–Crippen MR) is 166 cm³/mol. The second-order valence-electron chi connectivity index (χ2n) is 12.1. The quantitative estimate of drug-likeness (QED) is 0.280. The Balaban J connectivity index is 1.07. The molecule has 5 heterocycles. The van der Waals surface area contributed by atoms with Crippen molar-refractivity contribution in [3.8, 4) is 5.69 Å². The molecule has 2 aromatic carbocycles. The SMILES string of the molecule is CC(C)(C)OC(=O)N1CC2(C1)CN(c1ccc(Nc3ncc4c(=O)n(-c5c(Cl)cccc5Cl)c5nccn5c4n3)cc1)C2. The number of rotatable bonds is 4. The van der Waals surface area contributed by atoms with E-state index in [1.165, 1.54) is 10.8 Å². The van der Waals surface area contributed by atoms with E-state index in [9.17, 15) is 9.59 Å². The first-order valence-electron chi connectivity index (χ1n) is 13.8. The maximum Gasteiger partial charge on any atom is 0.410 e. The highest BCUT2D eigenvalue weighted by atomic mass is 35.5. The Morgan fingerprint density at radius 1 is 1.00 bits per heavy atom. The van der Waals surface area contributed by atoms with Gasteiger partial charge in [-0.05, 0) is 57.2 Å². The number of likely N-dealkylation sites (tertiary alicyclic amines) is 1. The number of carbonyl (C=O) groups is 1. The van der Waals surface area contributed by atoms with E-state index in [-0.39, 0.29) is 22.5 Å². The van der Waals surface area contributed by atoms with Crippen LogP contribution in [0.3, 0.4) is 0 Å². The first-order chi connectivity index (χ1) is 20.5. The first-order valence-corrected chi connectivity index (χ1v) is 14.6. The van der Waals surface area contributed by atoms with Gasteiger partial charge < -0.3 is 19.9 Å². The lowest BCUT2D eigenvalue weighted by molar-refractivity contribution is -0.0453. The minimum absolute atomic E-state index is 0.140. The zero-order chi connectivity index (χ0) is 30.1. The molecule has 2 aliphatic rings. The van der Waals surface area contributed by atoms with E-state index in [0.29, 0.717) is 33.1 Å². The van der Waals surface area contributed by atoms with Crippen molar-refractivity contribution in [2.75, 3.05) is 36.4 Å². The van der Waals surface area contributed by atoms with E-state index in [1.54, 1.807) is 39.9 Å². The molecule has 0 saturated carbocycles. The third kappa shape index (κ3) is 4.82. The first kappa shape index (κ1) is 27.5. The summed E-state index contributed by atoms with van der Waals surface area (Å²) in [5.41, 5.74) is 1.92. The van der Waals surface area contributed by atoms with Crippen molar-refractivity contribution in [2.45, 2.75) is 26.4 Å². The van der Waals surface area contributed by atoms with E-state index in [0.717, 1.165) is 37.6 Å². The summed E-state index contributed by atoms with van der Waals surface area (Å²) in [7, 11) is 0. The highest BCUT2D eigenvalue weighted by Crippen LogP contribution is 2.42. The second kappa shape index (κ2) is 9.85. The van der Waals surface area contributed by atoms with Crippen molar-refractivity contribution >= 4 is 63.4 Å². The normalized spacial score (nSPS) is 15.9. The molecule has 5 aromatic rings. The fourth-order valence-corrected chi connectivity index (χ4v) is 6.33. The monoisotopic (exact) mass is 618 g/mol. The highest BCUT2D eigenvalue weighted by molar-refractivity contribution is 6.37. The summed E-state index contributed by atoms with van der Waals surface area (Å²) in [6.45, 7) is 8.87. The Hall–Kier alpha value is -4.35. The van der Waals surface area contributed by atoms with Crippen LogP contribution < -0.4 is 15.8 Å². The van der Waals surface area contributed by atoms with Crippen LogP contribution in [0, 0.1) is 5.41 Å². The topological polar surface area (TPSA) is 110 Å². The number of amides is 1. The molecule has 0 aliphatic carbocycles. The van der Waals surface area contributed by atoms with Crippen LogP contribution in [0.4, 0.5) is 22.1 Å². The van der Waals surface area contributed by atoms with Crippen molar-refractivity contribution in [1.29, 1.82) is 0 Å². The number of carbonyl (C=O) groups excluding carboxylic acids is 1. The molecular weight excluding hydrogens is 591 g/mol. The number of anilines is 3. The minimum atomic E-state index is -0.488. The maximum atomic E-state index is 13.6. The van der Waals surface area contributed by atoms with Crippen molar-refractivity contribution in [2.24, 2.45) is 5.41 Å². The maximum absolute atomic E-state index is 13.6. The van der Waals surface area contributed by atoms with Crippen LogP contribution in [0.5, 0.6) is 0 Å². The van der Waals surface area contributed by atoms with Gasteiger partial charge in [0.05, 0.1) is 15.7 Å². The summed E-state index contributed by atoms with van der Waals surface area (Å²) in [4.78, 5) is 43.4. The number of nitrogens with one attached hydrogen (secondary N) is 1. The van der Waals surface area contributed by atoms with Gasteiger partial charge in [-0.15, -0.1) is 0 Å². The summed E-state index contributed by atoms with van der Waals surface area (Å²) in [5.74, 6) is 0.664. The third-order valence-corrected chi connectivity index (χ3v) is 8.27. The van der Waals surface area contributed by atoms with Gasteiger partial charge in [-0.25, -0.2) is 19.3 Å². The Bertz CT molecular complexity index is 1930. The molecule has 220 valence electrons. The van der Waals surface area contributed by atoms with E-state index >= 15 is 0 Å². The average molecular weight is 620 g/mol. The van der Waals surface area contributed by atoms with Gasteiger partial charge in [-0.3, -0.25) is 9.20 Å². The van der Waals surface area contributed by atoms with E-state index in [2.05, 4.69) is 25.2 Å². The van der Waals surface area contributed by atoms with Crippen LogP contribution in [-0.2, 0) is 4.74 Å². The number of para-hydroxylation sites is 1. The molecule has 0 bridgehead atoms. The van der Waals surface area contributed by atoms with Crippen LogP contribution >= 0.6 is 23.2 Å². The number of ether oxygens (including phenoxy) is 1. The molecule has 43 heavy (non-hydrogen) atoms. The number of halogens is 2. The third-order valence-electron chi connectivity index (χ3n) is 7.66. The lowest BCUT2D eigenvalue weighted by Gasteiger charge is -2.60. The summed E-state index contributed by atoms with van der Waals surface area (Å²) >= 11 is 12.9. The molecule has 3 aromatic heterocycles. The standard InChI is InChI=1S/C30H28Cl2N8O3/c1-29(2,3)43-28(42)38-16-30(17-38)14-37(15-30)19-9-7-18(8-10-19)35-26-34-13-20-24(36-26)39-12-11-33-27(39)40(25(20)41)23-21(31)5-4-6-22(23)32/h4-13H,14-17H2,1-3H3,(H,34,35,36). The van der Waals surface area contributed by atoms with Crippen LogP contribution in [0.25, 0.3) is 22.5 Å². The van der Waals surface area contributed by atoms with Crippen LogP contribution in [0.2, 0.25) is 10.0 Å². The molecule has 1 amide bonds. The Morgan fingerprint density at radius 3 is 2.37 bits per heavy atom. The number of hydrogen-bond donors (Lipinski definition) is 1. The number of aromatic nitrogens is 5. The molecule has 1 spiro atoms. The van der Waals surface area contributed by atoms with Crippen LogP contribution in [0.15, 0.2) is 65.8 Å². The molecule has 13 heteroatoms. The lowest BCUT2D eigenvalue weighted by atomic mass is 9.73. The van der Waals surface area contributed by atoms with Gasteiger partial charge in [0, 0.05) is 61.6 Å². The number of benzene rings is 2. The summed E-state index contributed by atoms with van der Waals surface area (Å²) in [5, 5.41) is 4.17. The van der Waals surface area contributed by atoms with Crippen molar-refractivity contribution < 1.29 is 9.53 Å². The fraction of sp³-hybridized carbons (Fsp3) is 0.300. The number of hydrogen-bond acceptors (Lipinski definition) is 8. The Kier molecular flexibility index (Phi) is 6.30. The van der Waals surface area contributed by atoms with Gasteiger partial charge in [-0.1, -0.05) is 29.3 Å². The largest absolute Gasteiger partial charge is 0.444 e. The molecule has 0 unspecified atom stereocenters. The smallest absolute Gasteiger partial charge is 0.410 e. The number of imidazole rings is 1. The van der Waals surface area contributed by atoms with Crippen molar-refractivity contribution in [3.05, 3.63) is 81.5 Å². The van der Waals surface area contributed by atoms with Crippen LogP contribution in [-0.4, -0.2) is 66.7 Å². The number of fused-ring (bicyclic) bond motifs is 3. The number of nitrogens with zero attached hydrogens (tertiary/aromatic N) is 7. The molecule has 0 atom stereocenters. The van der Waals surface area contributed by atoms with E-state index in [4.69, 9.17) is 27.9 Å². The molecule has 0 radical (unpaired) electrons. The Morgan fingerprint density at radius 2 is 1.70 bits per heavy atom. The summed E-state index contributed by atoms with van der Waals surface area (Å²) in [6.07, 6.45) is 4.55. The molecule has 11 nitrogen and oxygen atoms in total. The van der Waals surface area contributed by atoms with Gasteiger partial charge in [0.15, 0.2) is 5.65 Å². The minimum Gasteiger partial charge on any atom is -0.444 e. The summed E-state index contributed by atoms with van der Waals surface area (Å²) < 4.78 is 8.56. The average Bonchev–Trinajstić information content (AvgIpc) is 3.38.